The van der Waals surface area contributed by atoms with Crippen molar-refractivity contribution in [1.29, 1.82) is 5.26 Å². The summed E-state index contributed by atoms with van der Waals surface area (Å²) in [7, 11) is 1.66. The van der Waals surface area contributed by atoms with Crippen LogP contribution >= 0.6 is 0 Å². The van der Waals surface area contributed by atoms with Crippen LogP contribution in [0.25, 0.3) is 0 Å². The number of likely N-dealkylation sites (tertiary alicyclic amines) is 1. The van der Waals surface area contributed by atoms with E-state index in [1.807, 2.05) is 4.90 Å². The van der Waals surface area contributed by atoms with Gasteiger partial charge in [0.25, 0.3) is 0 Å². The van der Waals surface area contributed by atoms with Crippen LogP contribution in [0.3, 0.4) is 0 Å². The molecule has 3 aliphatic heterocycles. The zero-order valence-electron chi connectivity index (χ0n) is 18.2. The third-order valence-electron chi connectivity index (χ3n) is 7.50. The van der Waals surface area contributed by atoms with Gasteiger partial charge in [-0.05, 0) is 49.3 Å². The van der Waals surface area contributed by atoms with Gasteiger partial charge in [-0.3, -0.25) is 9.69 Å². The summed E-state index contributed by atoms with van der Waals surface area (Å²) in [6.45, 7) is 4.21. The van der Waals surface area contributed by atoms with E-state index in [-0.39, 0.29) is 22.8 Å². The minimum absolute atomic E-state index is 0.0470. The molecule has 0 bridgehead atoms. The number of alkyl halides is 3. The number of ether oxygens (including phenoxy) is 1. The number of benzene rings is 1. The Bertz CT molecular complexity index is 884. The van der Waals surface area contributed by atoms with Crippen LogP contribution in [0.15, 0.2) is 18.2 Å². The van der Waals surface area contributed by atoms with Crippen LogP contribution in [0.1, 0.15) is 36.8 Å². The molecular formula is C23H29F3N4O2. The third kappa shape index (κ3) is 4.30. The smallest absolute Gasteiger partial charge is 0.381 e. The van der Waals surface area contributed by atoms with Gasteiger partial charge >= 0.3 is 6.18 Å². The number of halogens is 3. The van der Waals surface area contributed by atoms with Gasteiger partial charge < -0.3 is 15.0 Å². The van der Waals surface area contributed by atoms with Crippen molar-refractivity contribution in [2.45, 2.75) is 37.9 Å². The Morgan fingerprint density at radius 1 is 1.25 bits per heavy atom. The molecule has 0 radical (unpaired) electrons. The second kappa shape index (κ2) is 8.91. The summed E-state index contributed by atoms with van der Waals surface area (Å²) >= 11 is 0. The zero-order valence-corrected chi connectivity index (χ0v) is 18.2. The molecule has 32 heavy (non-hydrogen) atoms. The number of carbonyl (C=O) groups excluding carboxylic acids is 1. The second-order valence-corrected chi connectivity index (χ2v) is 9.13. The quantitative estimate of drug-likeness (QED) is 0.767. The van der Waals surface area contributed by atoms with E-state index in [0.717, 1.165) is 58.1 Å². The van der Waals surface area contributed by atoms with E-state index >= 15 is 0 Å². The summed E-state index contributed by atoms with van der Waals surface area (Å²) in [5.74, 6) is -0.0741. The molecule has 1 amide bonds. The summed E-state index contributed by atoms with van der Waals surface area (Å²) in [5, 5.41) is 11.9. The van der Waals surface area contributed by atoms with E-state index in [4.69, 9.17) is 10.00 Å². The fraction of sp³-hybridized carbons (Fsp3) is 0.652. The van der Waals surface area contributed by atoms with Crippen molar-refractivity contribution < 1.29 is 22.7 Å². The summed E-state index contributed by atoms with van der Waals surface area (Å²) < 4.78 is 45.7. The first-order chi connectivity index (χ1) is 15.3. The molecular weight excluding hydrogens is 421 g/mol. The number of hydrogen-bond donors (Lipinski definition) is 1. The number of hydrogen-bond acceptors (Lipinski definition) is 5. The van der Waals surface area contributed by atoms with Gasteiger partial charge in [0.1, 0.15) is 0 Å². The maximum Gasteiger partial charge on any atom is 0.417 e. The minimum atomic E-state index is -4.57. The lowest BCUT2D eigenvalue weighted by molar-refractivity contribution is -0.137. The lowest BCUT2D eigenvalue weighted by Gasteiger charge is -2.43. The Morgan fingerprint density at radius 2 is 1.94 bits per heavy atom. The maximum absolute atomic E-state index is 13.4. The van der Waals surface area contributed by atoms with Gasteiger partial charge in [-0.2, -0.15) is 18.4 Å². The minimum Gasteiger partial charge on any atom is -0.381 e. The predicted molar refractivity (Wildman–Crippen MR) is 113 cm³/mol. The monoisotopic (exact) mass is 450 g/mol. The lowest BCUT2D eigenvalue weighted by atomic mass is 9.70. The third-order valence-corrected chi connectivity index (χ3v) is 7.50. The molecule has 1 aromatic carbocycles. The Kier molecular flexibility index (Phi) is 6.37. The lowest BCUT2D eigenvalue weighted by Crippen LogP contribution is -2.48. The summed E-state index contributed by atoms with van der Waals surface area (Å²) in [6.07, 6.45) is -1.15. The van der Waals surface area contributed by atoms with E-state index in [1.54, 1.807) is 19.2 Å². The fourth-order valence-electron chi connectivity index (χ4n) is 5.65. The van der Waals surface area contributed by atoms with Crippen molar-refractivity contribution in [2.24, 2.45) is 11.3 Å². The largest absolute Gasteiger partial charge is 0.417 e. The maximum atomic E-state index is 13.4. The molecule has 3 aliphatic rings. The van der Waals surface area contributed by atoms with Crippen LogP contribution < -0.4 is 10.2 Å². The number of rotatable bonds is 3. The van der Waals surface area contributed by atoms with Crippen LogP contribution in [0.4, 0.5) is 18.9 Å². The number of amides is 1. The van der Waals surface area contributed by atoms with Crippen molar-refractivity contribution in [1.82, 2.24) is 10.2 Å². The average molecular weight is 451 g/mol. The first-order valence-electron chi connectivity index (χ1n) is 11.2. The van der Waals surface area contributed by atoms with Crippen LogP contribution in [-0.4, -0.2) is 63.3 Å². The number of nitriles is 1. The van der Waals surface area contributed by atoms with Crippen molar-refractivity contribution in [2.75, 3.05) is 51.3 Å². The van der Waals surface area contributed by atoms with Crippen LogP contribution in [0, 0.1) is 22.7 Å². The van der Waals surface area contributed by atoms with Crippen LogP contribution in [-0.2, 0) is 15.7 Å². The van der Waals surface area contributed by atoms with E-state index in [9.17, 15) is 18.0 Å². The first-order valence-corrected chi connectivity index (χ1v) is 11.2. The molecule has 3 saturated heterocycles. The van der Waals surface area contributed by atoms with Crippen molar-refractivity contribution >= 4 is 11.6 Å². The first kappa shape index (κ1) is 22.9. The average Bonchev–Trinajstić information content (AvgIpc) is 3.17. The van der Waals surface area contributed by atoms with Gasteiger partial charge in [-0.25, -0.2) is 0 Å². The zero-order chi connectivity index (χ0) is 22.9. The molecule has 1 aromatic rings. The molecule has 3 heterocycles. The molecule has 174 valence electrons. The Balaban J connectivity index is 1.52. The molecule has 9 heteroatoms. The highest BCUT2D eigenvalue weighted by Crippen LogP contribution is 2.47. The topological polar surface area (TPSA) is 68.6 Å². The molecule has 0 saturated carbocycles. The molecule has 1 spiro atoms. The van der Waals surface area contributed by atoms with E-state index < -0.39 is 11.7 Å². The van der Waals surface area contributed by atoms with Gasteiger partial charge in [-0.15, -0.1) is 0 Å². The molecule has 1 N–H and O–H groups in total. The van der Waals surface area contributed by atoms with Gasteiger partial charge in [0.15, 0.2) is 0 Å². The van der Waals surface area contributed by atoms with Gasteiger partial charge in [0, 0.05) is 58.2 Å². The Labute approximate surface area is 186 Å². The molecule has 3 fully saturated rings. The standard InChI is InChI=1S/C23H29F3N4O2/c1-28-21(31)20-14-30(17-4-10-32-11-5-17)15-22(20)6-8-29(9-7-22)18-3-2-16(13-27)19(12-18)23(24,25)26/h2-3,12,17,20H,4-11,14-15H2,1H3,(H,28,31). The van der Waals surface area contributed by atoms with Crippen molar-refractivity contribution in [3.8, 4) is 6.07 Å². The number of carbonyl (C=O) groups is 1. The van der Waals surface area contributed by atoms with Gasteiger partial charge in [0.2, 0.25) is 5.91 Å². The number of nitrogens with zero attached hydrogens (tertiary/aromatic N) is 3. The normalized spacial score (nSPS) is 24.5. The highest BCUT2D eigenvalue weighted by atomic mass is 19.4. The molecule has 4 rings (SSSR count). The number of piperidine rings is 1. The Morgan fingerprint density at radius 3 is 2.53 bits per heavy atom. The Hall–Kier alpha value is -2.31. The van der Waals surface area contributed by atoms with E-state index in [1.165, 1.54) is 6.07 Å². The molecule has 1 atom stereocenters. The molecule has 1 unspecified atom stereocenters. The molecule has 0 aromatic heterocycles. The number of anilines is 1. The van der Waals surface area contributed by atoms with Crippen molar-refractivity contribution in [3.63, 3.8) is 0 Å². The molecule has 0 aliphatic carbocycles. The second-order valence-electron chi connectivity index (χ2n) is 9.13. The van der Waals surface area contributed by atoms with Gasteiger partial charge in [0.05, 0.1) is 23.1 Å². The van der Waals surface area contributed by atoms with Crippen molar-refractivity contribution in [3.05, 3.63) is 29.3 Å². The van der Waals surface area contributed by atoms with E-state index in [2.05, 4.69) is 10.2 Å². The summed E-state index contributed by atoms with van der Waals surface area (Å²) in [5.41, 5.74) is -0.958. The van der Waals surface area contributed by atoms with Crippen LogP contribution in [0.2, 0.25) is 0 Å². The van der Waals surface area contributed by atoms with E-state index in [0.29, 0.717) is 24.8 Å². The fourth-order valence-corrected chi connectivity index (χ4v) is 5.65. The summed E-state index contributed by atoms with van der Waals surface area (Å²) in [4.78, 5) is 17.1. The highest BCUT2D eigenvalue weighted by Gasteiger charge is 2.52. The van der Waals surface area contributed by atoms with Crippen LogP contribution in [0.5, 0.6) is 0 Å². The highest BCUT2D eigenvalue weighted by molar-refractivity contribution is 5.80. The summed E-state index contributed by atoms with van der Waals surface area (Å²) in [6, 6.07) is 5.97. The SMILES string of the molecule is CNC(=O)C1CN(C2CCOCC2)CC12CCN(c1ccc(C#N)c(C(F)(F)F)c1)CC2. The van der Waals surface area contributed by atoms with Gasteiger partial charge in [-0.1, -0.05) is 0 Å². The predicted octanol–water partition coefficient (Wildman–Crippen LogP) is 3.02. The number of nitrogens with one attached hydrogen (secondary N) is 1. The molecule has 6 nitrogen and oxygen atoms in total.